The molecule has 0 saturated heterocycles. The van der Waals surface area contributed by atoms with E-state index in [0.717, 1.165) is 16.3 Å². The Bertz CT molecular complexity index is 1000. The van der Waals surface area contributed by atoms with Crippen LogP contribution < -0.4 is 14.8 Å². The summed E-state index contributed by atoms with van der Waals surface area (Å²) in [7, 11) is 3.13. The van der Waals surface area contributed by atoms with E-state index in [1.165, 1.54) is 0 Å². The monoisotopic (exact) mass is 360 g/mol. The quantitative estimate of drug-likeness (QED) is 0.716. The van der Waals surface area contributed by atoms with E-state index in [1.54, 1.807) is 32.4 Å². The zero-order valence-corrected chi connectivity index (χ0v) is 15.2. The van der Waals surface area contributed by atoms with E-state index in [-0.39, 0.29) is 12.3 Å². The number of carbonyl (C=O) groups excluding carboxylic acids is 1. The molecule has 3 aromatic carbocycles. The van der Waals surface area contributed by atoms with Crippen molar-refractivity contribution in [3.8, 4) is 17.6 Å². The molecule has 1 N–H and O–H groups in total. The van der Waals surface area contributed by atoms with Crippen molar-refractivity contribution < 1.29 is 14.3 Å². The number of rotatable bonds is 6. The average Bonchev–Trinajstić information content (AvgIpc) is 2.72. The van der Waals surface area contributed by atoms with E-state index in [1.807, 2.05) is 42.5 Å². The minimum atomic E-state index is -0.857. The molecule has 0 saturated carbocycles. The zero-order valence-electron chi connectivity index (χ0n) is 15.2. The van der Waals surface area contributed by atoms with Crippen molar-refractivity contribution in [3.63, 3.8) is 0 Å². The van der Waals surface area contributed by atoms with Crippen LogP contribution in [0.3, 0.4) is 0 Å². The Morgan fingerprint density at radius 1 is 1.07 bits per heavy atom. The normalized spacial score (nSPS) is 11.4. The van der Waals surface area contributed by atoms with E-state index in [4.69, 9.17) is 9.47 Å². The molecule has 0 heterocycles. The molecular weight excluding hydrogens is 340 g/mol. The van der Waals surface area contributed by atoms with E-state index < -0.39 is 5.92 Å². The van der Waals surface area contributed by atoms with Gasteiger partial charge in [0.2, 0.25) is 5.91 Å². The lowest BCUT2D eigenvalue weighted by atomic mass is 9.98. The molecule has 0 aliphatic rings. The highest BCUT2D eigenvalue weighted by Gasteiger charge is 2.21. The van der Waals surface area contributed by atoms with Gasteiger partial charge in [-0.3, -0.25) is 4.79 Å². The van der Waals surface area contributed by atoms with Crippen molar-refractivity contribution in [2.45, 2.75) is 6.42 Å². The van der Waals surface area contributed by atoms with Gasteiger partial charge in [-0.05, 0) is 35.2 Å². The van der Waals surface area contributed by atoms with Crippen molar-refractivity contribution in [1.82, 2.24) is 0 Å². The number of amides is 1. The van der Waals surface area contributed by atoms with Gasteiger partial charge in [-0.2, -0.15) is 5.26 Å². The second-order valence-corrected chi connectivity index (χ2v) is 6.08. The maximum absolute atomic E-state index is 12.7. The number of anilines is 1. The number of nitriles is 1. The highest BCUT2D eigenvalue weighted by Crippen LogP contribution is 2.28. The first-order chi connectivity index (χ1) is 13.2. The summed E-state index contributed by atoms with van der Waals surface area (Å²) in [5.74, 6) is 0.0645. The highest BCUT2D eigenvalue weighted by atomic mass is 16.5. The Kier molecular flexibility index (Phi) is 5.58. The second-order valence-electron chi connectivity index (χ2n) is 6.08. The summed E-state index contributed by atoms with van der Waals surface area (Å²) in [5.41, 5.74) is 1.44. The van der Waals surface area contributed by atoms with Crippen LogP contribution in [0.1, 0.15) is 5.56 Å². The summed E-state index contributed by atoms with van der Waals surface area (Å²) in [6.45, 7) is 0. The van der Waals surface area contributed by atoms with E-state index in [2.05, 4.69) is 11.4 Å². The fraction of sp³-hybridized carbons (Fsp3) is 0.182. The molecule has 1 atom stereocenters. The summed E-state index contributed by atoms with van der Waals surface area (Å²) in [5, 5.41) is 14.4. The van der Waals surface area contributed by atoms with Crippen molar-refractivity contribution in [2.75, 3.05) is 19.5 Å². The summed E-state index contributed by atoms with van der Waals surface area (Å²) < 4.78 is 10.6. The standard InChI is InChI=1S/C22H20N2O3/c1-26-18-10-11-21(27-2)16(13-18)12-17(14-23)22(25)24-20-9-5-7-15-6-3-4-8-19(15)20/h3-11,13,17H,12H2,1-2H3,(H,24,25)/t17-/m0/s1. The Labute approximate surface area is 158 Å². The van der Waals surface area contributed by atoms with Crippen LogP contribution in [0.25, 0.3) is 10.8 Å². The number of hydrogen-bond donors (Lipinski definition) is 1. The molecule has 5 nitrogen and oxygen atoms in total. The molecule has 136 valence electrons. The predicted molar refractivity (Wildman–Crippen MR) is 105 cm³/mol. The van der Waals surface area contributed by atoms with Gasteiger partial charge in [0.25, 0.3) is 0 Å². The van der Waals surface area contributed by atoms with Gasteiger partial charge < -0.3 is 14.8 Å². The van der Waals surface area contributed by atoms with Crippen LogP contribution in [0.2, 0.25) is 0 Å². The minimum Gasteiger partial charge on any atom is -0.497 e. The topological polar surface area (TPSA) is 71.3 Å². The lowest BCUT2D eigenvalue weighted by Gasteiger charge is -2.15. The molecule has 3 aromatic rings. The minimum absolute atomic E-state index is 0.230. The predicted octanol–water partition coefficient (Wildman–Crippen LogP) is 4.18. The first-order valence-corrected chi connectivity index (χ1v) is 8.55. The van der Waals surface area contributed by atoms with E-state index >= 15 is 0 Å². The number of carbonyl (C=O) groups is 1. The zero-order chi connectivity index (χ0) is 19.2. The van der Waals surface area contributed by atoms with Crippen LogP contribution in [0.4, 0.5) is 5.69 Å². The smallest absolute Gasteiger partial charge is 0.242 e. The maximum atomic E-state index is 12.7. The maximum Gasteiger partial charge on any atom is 0.242 e. The van der Waals surface area contributed by atoms with Gasteiger partial charge in [0.05, 0.1) is 20.3 Å². The van der Waals surface area contributed by atoms with Crippen LogP contribution in [-0.4, -0.2) is 20.1 Å². The Hall–Kier alpha value is -3.52. The van der Waals surface area contributed by atoms with Gasteiger partial charge in [-0.25, -0.2) is 0 Å². The molecule has 0 unspecified atom stereocenters. The molecule has 0 spiro atoms. The van der Waals surface area contributed by atoms with Crippen molar-refractivity contribution in [1.29, 1.82) is 5.26 Å². The molecule has 0 bridgehead atoms. The van der Waals surface area contributed by atoms with Gasteiger partial charge in [0.15, 0.2) is 0 Å². The molecule has 0 aliphatic carbocycles. The number of nitrogens with one attached hydrogen (secondary N) is 1. The molecule has 27 heavy (non-hydrogen) atoms. The summed E-state index contributed by atoms with van der Waals surface area (Å²) in [4.78, 5) is 12.7. The third kappa shape index (κ3) is 4.01. The van der Waals surface area contributed by atoms with Gasteiger partial charge in [-0.15, -0.1) is 0 Å². The molecular formula is C22H20N2O3. The molecule has 0 aliphatic heterocycles. The third-order valence-electron chi connectivity index (χ3n) is 4.43. The largest absolute Gasteiger partial charge is 0.497 e. The third-order valence-corrected chi connectivity index (χ3v) is 4.43. The Morgan fingerprint density at radius 2 is 1.85 bits per heavy atom. The van der Waals surface area contributed by atoms with E-state index in [0.29, 0.717) is 17.2 Å². The van der Waals surface area contributed by atoms with Gasteiger partial charge in [-0.1, -0.05) is 36.4 Å². The van der Waals surface area contributed by atoms with Crippen LogP contribution in [0.15, 0.2) is 60.7 Å². The molecule has 3 rings (SSSR count). The van der Waals surface area contributed by atoms with E-state index in [9.17, 15) is 10.1 Å². The SMILES string of the molecule is COc1ccc(OC)c(C[C@@H](C#N)C(=O)Nc2cccc3ccccc23)c1. The first-order valence-electron chi connectivity index (χ1n) is 8.55. The number of hydrogen-bond acceptors (Lipinski definition) is 4. The lowest BCUT2D eigenvalue weighted by molar-refractivity contribution is -0.118. The number of ether oxygens (including phenoxy) is 2. The van der Waals surface area contributed by atoms with Gasteiger partial charge in [0, 0.05) is 17.5 Å². The fourth-order valence-corrected chi connectivity index (χ4v) is 3.01. The van der Waals surface area contributed by atoms with Crippen LogP contribution in [0, 0.1) is 17.2 Å². The fourth-order valence-electron chi connectivity index (χ4n) is 3.01. The summed E-state index contributed by atoms with van der Waals surface area (Å²) >= 11 is 0. The molecule has 0 fully saturated rings. The number of nitrogens with zero attached hydrogens (tertiary/aromatic N) is 1. The molecule has 5 heteroatoms. The van der Waals surface area contributed by atoms with Crippen molar-refractivity contribution in [3.05, 3.63) is 66.2 Å². The van der Waals surface area contributed by atoms with Crippen LogP contribution >= 0.6 is 0 Å². The Morgan fingerprint density at radius 3 is 2.59 bits per heavy atom. The number of benzene rings is 3. The second kappa shape index (κ2) is 8.24. The summed E-state index contributed by atoms with van der Waals surface area (Å²) in [6, 6.07) is 20.9. The lowest BCUT2D eigenvalue weighted by Crippen LogP contribution is -2.23. The summed E-state index contributed by atoms with van der Waals surface area (Å²) in [6.07, 6.45) is 0.230. The van der Waals surface area contributed by atoms with Crippen LogP contribution in [0.5, 0.6) is 11.5 Å². The van der Waals surface area contributed by atoms with Gasteiger partial charge >= 0.3 is 0 Å². The van der Waals surface area contributed by atoms with Gasteiger partial charge in [0.1, 0.15) is 17.4 Å². The number of fused-ring (bicyclic) bond motifs is 1. The first kappa shape index (κ1) is 18.3. The molecule has 0 aromatic heterocycles. The molecule has 0 radical (unpaired) electrons. The highest BCUT2D eigenvalue weighted by molar-refractivity contribution is 6.03. The Balaban J connectivity index is 1.84. The van der Waals surface area contributed by atoms with Crippen LogP contribution in [-0.2, 0) is 11.2 Å². The van der Waals surface area contributed by atoms with Crippen molar-refractivity contribution in [2.24, 2.45) is 5.92 Å². The van der Waals surface area contributed by atoms with Crippen molar-refractivity contribution >= 4 is 22.4 Å². The molecule has 1 amide bonds. The number of methoxy groups -OCH3 is 2. The average molecular weight is 360 g/mol.